The van der Waals surface area contributed by atoms with Gasteiger partial charge in [0.15, 0.2) is 5.13 Å². The minimum Gasteiger partial charge on any atom is -0.495 e. The van der Waals surface area contributed by atoms with Gasteiger partial charge in [0.1, 0.15) is 11.3 Å². The van der Waals surface area contributed by atoms with E-state index in [1.165, 1.54) is 17.7 Å². The molecular weight excluding hydrogens is 328 g/mol. The maximum absolute atomic E-state index is 12.1. The highest BCUT2D eigenvalue weighted by Gasteiger charge is 2.13. The minimum atomic E-state index is -0.469. The van der Waals surface area contributed by atoms with Gasteiger partial charge in [0.05, 0.1) is 30.4 Å². The summed E-state index contributed by atoms with van der Waals surface area (Å²) in [6.45, 7) is 0. The van der Waals surface area contributed by atoms with Crippen molar-refractivity contribution >= 4 is 33.4 Å². The Balaban J connectivity index is 1.69. The van der Waals surface area contributed by atoms with Crippen molar-refractivity contribution in [1.82, 2.24) is 15.0 Å². The van der Waals surface area contributed by atoms with Crippen molar-refractivity contribution in [1.29, 1.82) is 0 Å². The van der Waals surface area contributed by atoms with Crippen molar-refractivity contribution in [3.05, 3.63) is 52.5 Å². The molecule has 0 radical (unpaired) electrons. The SMILES string of the molecule is COc1ccccc1Nc1nc(-c2cc3[nH]cnc3oc2=O)cs1. The van der Waals surface area contributed by atoms with Crippen LogP contribution in [0.3, 0.4) is 0 Å². The first-order valence-corrected chi connectivity index (χ1v) is 7.96. The average molecular weight is 340 g/mol. The van der Waals surface area contributed by atoms with Gasteiger partial charge in [-0.15, -0.1) is 11.3 Å². The summed E-state index contributed by atoms with van der Waals surface area (Å²) in [6.07, 6.45) is 1.48. The summed E-state index contributed by atoms with van der Waals surface area (Å²) in [7, 11) is 1.61. The van der Waals surface area contributed by atoms with Gasteiger partial charge in [-0.1, -0.05) is 12.1 Å². The fraction of sp³-hybridized carbons (Fsp3) is 0.0625. The van der Waals surface area contributed by atoms with Crippen LogP contribution in [0.5, 0.6) is 5.75 Å². The number of aromatic nitrogens is 3. The zero-order chi connectivity index (χ0) is 16.5. The van der Waals surface area contributed by atoms with E-state index in [1.54, 1.807) is 18.6 Å². The van der Waals surface area contributed by atoms with E-state index in [1.807, 2.05) is 24.3 Å². The summed E-state index contributed by atoms with van der Waals surface area (Å²) in [5, 5.41) is 5.64. The molecule has 2 N–H and O–H groups in total. The van der Waals surface area contributed by atoms with E-state index in [4.69, 9.17) is 9.15 Å². The van der Waals surface area contributed by atoms with E-state index < -0.39 is 5.63 Å². The summed E-state index contributed by atoms with van der Waals surface area (Å²) < 4.78 is 10.5. The molecule has 0 aliphatic rings. The number of thiazole rings is 1. The highest BCUT2D eigenvalue weighted by molar-refractivity contribution is 7.14. The minimum absolute atomic E-state index is 0.284. The standard InChI is InChI=1S/C16H12N4O3S/c1-22-13-5-3-2-4-10(13)19-16-20-12(7-24-16)9-6-11-14(18-8-17-11)23-15(9)21/h2-8H,1H3,(H,17,18)(H,19,20). The van der Waals surface area contributed by atoms with Crippen LogP contribution in [-0.4, -0.2) is 22.1 Å². The van der Waals surface area contributed by atoms with Gasteiger partial charge in [0.2, 0.25) is 5.71 Å². The summed E-state index contributed by atoms with van der Waals surface area (Å²) in [5.74, 6) is 0.715. The number of methoxy groups -OCH3 is 1. The van der Waals surface area contributed by atoms with Crippen LogP contribution in [0.4, 0.5) is 10.8 Å². The maximum Gasteiger partial charge on any atom is 0.347 e. The summed E-state index contributed by atoms with van der Waals surface area (Å²) in [5.41, 5.74) is 2.20. The van der Waals surface area contributed by atoms with Crippen molar-refractivity contribution in [3.63, 3.8) is 0 Å². The van der Waals surface area contributed by atoms with Crippen LogP contribution in [0, 0.1) is 0 Å². The van der Waals surface area contributed by atoms with Crippen LogP contribution in [0.1, 0.15) is 0 Å². The van der Waals surface area contributed by atoms with Crippen LogP contribution in [0.2, 0.25) is 0 Å². The maximum atomic E-state index is 12.1. The highest BCUT2D eigenvalue weighted by Crippen LogP contribution is 2.30. The Morgan fingerprint density at radius 3 is 3.08 bits per heavy atom. The molecular formula is C16H12N4O3S. The van der Waals surface area contributed by atoms with Crippen LogP contribution >= 0.6 is 11.3 Å². The first-order chi connectivity index (χ1) is 11.7. The second-order valence-corrected chi connectivity index (χ2v) is 5.79. The predicted molar refractivity (Wildman–Crippen MR) is 92.0 cm³/mol. The lowest BCUT2D eigenvalue weighted by Crippen LogP contribution is -2.03. The molecule has 8 heteroatoms. The molecule has 0 aliphatic heterocycles. The van der Waals surface area contributed by atoms with Gasteiger partial charge in [-0.25, -0.2) is 14.8 Å². The largest absolute Gasteiger partial charge is 0.495 e. The normalized spacial score (nSPS) is 10.9. The van der Waals surface area contributed by atoms with E-state index in [-0.39, 0.29) is 5.71 Å². The van der Waals surface area contributed by atoms with E-state index >= 15 is 0 Å². The number of ether oxygens (including phenoxy) is 1. The average Bonchev–Trinajstić information content (AvgIpc) is 3.23. The number of rotatable bonds is 4. The van der Waals surface area contributed by atoms with Gasteiger partial charge in [-0.3, -0.25) is 0 Å². The van der Waals surface area contributed by atoms with Crippen molar-refractivity contribution in [2.45, 2.75) is 0 Å². The Labute approximate surface area is 140 Å². The number of imidazole rings is 1. The topological polar surface area (TPSA) is 93.0 Å². The lowest BCUT2D eigenvalue weighted by molar-refractivity contribution is 0.417. The molecule has 0 saturated carbocycles. The van der Waals surface area contributed by atoms with Gasteiger partial charge < -0.3 is 19.5 Å². The quantitative estimate of drug-likeness (QED) is 0.591. The molecule has 3 aromatic heterocycles. The number of anilines is 2. The molecule has 0 bridgehead atoms. The third-order valence-corrected chi connectivity index (χ3v) is 4.22. The van der Waals surface area contributed by atoms with Gasteiger partial charge in [-0.05, 0) is 18.2 Å². The predicted octanol–water partition coefficient (Wildman–Crippen LogP) is 3.39. The first kappa shape index (κ1) is 14.5. The Hall–Kier alpha value is -3.13. The summed E-state index contributed by atoms with van der Waals surface area (Å²) >= 11 is 1.39. The third kappa shape index (κ3) is 2.52. The molecule has 0 unspecified atom stereocenters. The van der Waals surface area contributed by atoms with Crippen LogP contribution in [0.25, 0.3) is 22.5 Å². The molecule has 24 heavy (non-hydrogen) atoms. The molecule has 4 aromatic rings. The smallest absolute Gasteiger partial charge is 0.347 e. The molecule has 3 heterocycles. The number of aromatic amines is 1. The molecule has 1 aromatic carbocycles. The summed E-state index contributed by atoms with van der Waals surface area (Å²) in [6, 6.07) is 9.24. The van der Waals surface area contributed by atoms with Crippen molar-refractivity contribution < 1.29 is 9.15 Å². The number of fused-ring (bicyclic) bond motifs is 1. The van der Waals surface area contributed by atoms with Crippen LogP contribution in [0.15, 0.2) is 51.3 Å². The van der Waals surface area contributed by atoms with E-state index in [0.29, 0.717) is 27.7 Å². The zero-order valence-corrected chi connectivity index (χ0v) is 13.4. The number of nitrogens with zero attached hydrogens (tertiary/aromatic N) is 2. The Morgan fingerprint density at radius 2 is 2.21 bits per heavy atom. The van der Waals surface area contributed by atoms with Crippen LogP contribution in [-0.2, 0) is 0 Å². The number of benzene rings is 1. The van der Waals surface area contributed by atoms with Crippen molar-refractivity contribution in [2.75, 3.05) is 12.4 Å². The summed E-state index contributed by atoms with van der Waals surface area (Å²) in [4.78, 5) is 23.4. The number of H-pyrrole nitrogens is 1. The highest BCUT2D eigenvalue weighted by atomic mass is 32.1. The number of hydrogen-bond acceptors (Lipinski definition) is 7. The lowest BCUT2D eigenvalue weighted by atomic mass is 10.2. The second-order valence-electron chi connectivity index (χ2n) is 4.93. The Bertz CT molecular complexity index is 1070. The van der Waals surface area contributed by atoms with Crippen molar-refractivity contribution in [2.24, 2.45) is 0 Å². The molecule has 0 fully saturated rings. The Kier molecular flexibility index (Phi) is 3.51. The van der Waals surface area contributed by atoms with E-state index in [9.17, 15) is 4.79 Å². The molecule has 0 aliphatic carbocycles. The van der Waals surface area contributed by atoms with Gasteiger partial charge in [0, 0.05) is 5.38 Å². The number of para-hydroxylation sites is 2. The fourth-order valence-corrected chi connectivity index (χ4v) is 3.04. The number of nitrogens with one attached hydrogen (secondary N) is 2. The monoisotopic (exact) mass is 340 g/mol. The van der Waals surface area contributed by atoms with Gasteiger partial charge >= 0.3 is 5.63 Å². The van der Waals surface area contributed by atoms with E-state index in [2.05, 4.69) is 20.3 Å². The molecule has 4 rings (SSSR count). The molecule has 0 spiro atoms. The number of hydrogen-bond donors (Lipinski definition) is 2. The molecule has 0 atom stereocenters. The Morgan fingerprint density at radius 1 is 1.33 bits per heavy atom. The second kappa shape index (κ2) is 5.82. The lowest BCUT2D eigenvalue weighted by Gasteiger charge is -2.07. The van der Waals surface area contributed by atoms with Gasteiger partial charge in [-0.2, -0.15) is 0 Å². The third-order valence-electron chi connectivity index (χ3n) is 3.46. The fourth-order valence-electron chi connectivity index (χ4n) is 2.32. The molecule has 0 amide bonds. The molecule has 0 saturated heterocycles. The first-order valence-electron chi connectivity index (χ1n) is 7.08. The van der Waals surface area contributed by atoms with Crippen molar-refractivity contribution in [3.8, 4) is 17.0 Å². The zero-order valence-electron chi connectivity index (χ0n) is 12.6. The molecule has 7 nitrogen and oxygen atoms in total. The van der Waals surface area contributed by atoms with Gasteiger partial charge in [0.25, 0.3) is 0 Å². The molecule has 120 valence electrons. The van der Waals surface area contributed by atoms with Crippen LogP contribution < -0.4 is 15.7 Å². The van der Waals surface area contributed by atoms with E-state index in [0.717, 1.165) is 5.69 Å².